The van der Waals surface area contributed by atoms with Crippen LogP contribution in [0.2, 0.25) is 0 Å². The summed E-state index contributed by atoms with van der Waals surface area (Å²) in [6, 6.07) is 20.5. The Morgan fingerprint density at radius 1 is 0.747 bits per heavy atom. The maximum atomic E-state index is 13.4. The molecule has 75 heavy (non-hydrogen) atoms. The number of carbonyl (C=O) groups is 6. The van der Waals surface area contributed by atoms with Crippen molar-refractivity contribution in [2.75, 3.05) is 116 Å². The minimum Gasteiger partial charge on any atom is -0.480 e. The van der Waals surface area contributed by atoms with E-state index in [1.165, 1.54) is 75.9 Å². The molecule has 4 amide bonds. The summed E-state index contributed by atoms with van der Waals surface area (Å²) in [5.74, 6) is -4.25. The molecular weight excluding hydrogens is 966 g/mol. The molecule has 0 saturated carbocycles. The lowest BCUT2D eigenvalue weighted by atomic mass is 9.89. The second-order valence-corrected chi connectivity index (χ2v) is 19.3. The second kappa shape index (κ2) is 28.4. The molecule has 0 aliphatic carbocycles. The lowest BCUT2D eigenvalue weighted by Crippen LogP contribution is -2.46. The predicted molar refractivity (Wildman–Crippen MR) is 285 cm³/mol. The molecule has 8 rings (SSSR count). The highest BCUT2D eigenvalue weighted by Crippen LogP contribution is 2.36. The van der Waals surface area contributed by atoms with Crippen molar-refractivity contribution in [3.8, 4) is 11.8 Å². The Balaban J connectivity index is 0.000000224. The second-order valence-electron chi connectivity index (χ2n) is 19.3. The number of anilines is 3. The molecule has 4 aliphatic rings. The third-order valence-corrected chi connectivity index (χ3v) is 13.7. The fourth-order valence-electron chi connectivity index (χ4n) is 9.37. The van der Waals surface area contributed by atoms with Crippen molar-refractivity contribution in [2.24, 2.45) is 23.3 Å². The lowest BCUT2D eigenvalue weighted by Gasteiger charge is -2.39. The number of pyridine rings is 2. The molecule has 0 spiro atoms. The average Bonchev–Trinajstić information content (AvgIpc) is 3.41. The lowest BCUT2D eigenvalue weighted by molar-refractivity contribution is -0.148. The number of halogens is 1. The van der Waals surface area contributed by atoms with E-state index < -0.39 is 42.5 Å². The number of hydrogen-bond donors (Lipinski definition) is 5. The summed E-state index contributed by atoms with van der Waals surface area (Å²) in [6.45, 7) is 14.6. The summed E-state index contributed by atoms with van der Waals surface area (Å²) in [5.41, 5.74) is 16.0. The highest BCUT2D eigenvalue weighted by atomic mass is 19.1. The number of carboxylic acids is 1. The maximum absolute atomic E-state index is 13.4. The van der Waals surface area contributed by atoms with Crippen molar-refractivity contribution in [2.45, 2.75) is 58.0 Å². The Bertz CT molecular complexity index is 2570. The zero-order chi connectivity index (χ0) is 55.5. The van der Waals surface area contributed by atoms with Gasteiger partial charge in [0.05, 0.1) is 40.7 Å². The molecule has 20 nitrogen and oxygen atoms in total. The monoisotopic (exact) mass is 1040 g/mol. The third kappa shape index (κ3) is 16.6. The normalized spacial score (nSPS) is 20.0. The first kappa shape index (κ1) is 57.1. The number of alkyl halides is 1. The van der Waals surface area contributed by atoms with Crippen LogP contribution in [-0.4, -0.2) is 166 Å². The molecule has 6 heterocycles. The van der Waals surface area contributed by atoms with Gasteiger partial charge in [-0.15, -0.1) is 0 Å². The molecule has 4 aliphatic heterocycles. The number of piperazine rings is 2. The molecule has 7 N–H and O–H groups in total. The molecular formula is C54H74FN11O9. The molecule has 4 aromatic rings. The third-order valence-electron chi connectivity index (χ3n) is 13.7. The van der Waals surface area contributed by atoms with Gasteiger partial charge in [-0.05, 0) is 111 Å². The van der Waals surface area contributed by atoms with Crippen LogP contribution in [0.3, 0.4) is 0 Å². The van der Waals surface area contributed by atoms with Gasteiger partial charge in [0.2, 0.25) is 17.5 Å². The number of benzene rings is 2. The molecule has 0 bridgehead atoms. The summed E-state index contributed by atoms with van der Waals surface area (Å²) in [7, 11) is 6.02. The van der Waals surface area contributed by atoms with Gasteiger partial charge in [0, 0.05) is 88.9 Å². The van der Waals surface area contributed by atoms with Gasteiger partial charge in [-0.3, -0.25) is 28.4 Å². The van der Waals surface area contributed by atoms with Gasteiger partial charge in [0.15, 0.2) is 0 Å². The van der Waals surface area contributed by atoms with E-state index in [0.717, 1.165) is 75.8 Å². The number of aromatic nitrogens is 2. The van der Waals surface area contributed by atoms with Gasteiger partial charge in [-0.2, -0.15) is 0 Å². The first-order valence-electron chi connectivity index (χ1n) is 25.8. The number of methoxy groups -OCH3 is 2. The van der Waals surface area contributed by atoms with E-state index in [0.29, 0.717) is 12.6 Å². The SMILES string of the molecule is COc1ncc(CC(=O)C(=O)O)cc1C(N)=O.COc1ncc(NC(=O)C(=O)N2C[C@@H](C)CC[C@@H]2c2cccc(N3CCN(C)CC3)c2)cc1C(N)=O.C[C@H]1CC[C@H](c2cccc(N3CCN(C)CC3)c2)NC1.[2H]CF. The predicted octanol–water partition coefficient (Wildman–Crippen LogP) is 4.35. The van der Waals surface area contributed by atoms with Crippen LogP contribution in [0.4, 0.5) is 21.5 Å². The van der Waals surface area contributed by atoms with Crippen LogP contribution in [0.5, 0.6) is 11.8 Å². The van der Waals surface area contributed by atoms with E-state index in [1.807, 2.05) is 12.1 Å². The molecule has 0 unspecified atom stereocenters. The van der Waals surface area contributed by atoms with Crippen LogP contribution in [-0.2, 0) is 25.6 Å². The highest BCUT2D eigenvalue weighted by molar-refractivity contribution is 6.39. The van der Waals surface area contributed by atoms with Gasteiger partial charge >= 0.3 is 17.8 Å². The zero-order valence-corrected chi connectivity index (χ0v) is 43.9. The summed E-state index contributed by atoms with van der Waals surface area (Å²) in [4.78, 5) is 89.5. The standard InChI is InChI=1S/C26H34N6O4.C17H27N3.C10H10N2O5.CH3F/c1-17-7-8-22(18-5-4-6-20(13-18)31-11-9-30(2)10-12-31)32(16-17)26(35)24(34)29-19-14-21(23(27)33)25(36-3)28-15-19;1-14-6-7-17(18-13-14)15-4-3-5-16(12-15)20-10-8-19(2)9-11-20;1-17-9-6(8(11)14)2-5(4-12-9)3-7(13)10(15)16;1-2/h4-6,13-15,17,22H,7-12,16H2,1-3H3,(H2,27,33)(H,29,34);3-5,12,14,17-18H,6-11,13H2,1-2H3;2,4H,3H2,1H3,(H2,11,14)(H,15,16);1H3/t17-,22+;14-,17+;;/m00../s1/i;;;1D. The summed E-state index contributed by atoms with van der Waals surface area (Å²) in [6.07, 6.45) is 6.59. The summed E-state index contributed by atoms with van der Waals surface area (Å²) in [5, 5.41) is 14.7. The Morgan fingerprint density at radius 2 is 1.27 bits per heavy atom. The number of likely N-dealkylation sites (tertiary alicyclic amines) is 1. The van der Waals surface area contributed by atoms with Crippen molar-refractivity contribution >= 4 is 52.4 Å². The Kier molecular flexibility index (Phi) is 21.6. The number of nitrogens with one attached hydrogen (secondary N) is 2. The number of nitrogens with two attached hydrogens (primary N) is 2. The van der Waals surface area contributed by atoms with Crippen LogP contribution >= 0.6 is 0 Å². The van der Waals surface area contributed by atoms with E-state index in [9.17, 15) is 33.2 Å². The van der Waals surface area contributed by atoms with Crippen LogP contribution in [0.1, 0.15) is 90.4 Å². The van der Waals surface area contributed by atoms with Crippen molar-refractivity contribution in [3.63, 3.8) is 0 Å². The molecule has 4 fully saturated rings. The van der Waals surface area contributed by atoms with Crippen LogP contribution < -0.4 is 41.4 Å². The number of primary amides is 2. The number of aliphatic carboxylic acids is 1. The number of nitrogens with zero attached hydrogens (tertiary/aromatic N) is 7. The number of hydrogen-bond acceptors (Lipinski definition) is 15. The van der Waals surface area contributed by atoms with Crippen LogP contribution in [0.15, 0.2) is 73.1 Å². The minimum absolute atomic E-state index is 0.00295. The first-order chi connectivity index (χ1) is 36.3. The topological polar surface area (TPSA) is 259 Å². The number of rotatable bonds is 12. The number of ketones is 1. The molecule has 2 aromatic heterocycles. The Labute approximate surface area is 440 Å². The largest absolute Gasteiger partial charge is 0.480 e. The number of Topliss-reactive ketones (excluding diaryl/α,β-unsaturated/α-hetero) is 1. The van der Waals surface area contributed by atoms with E-state index in [2.05, 4.69) is 105 Å². The average molecular weight is 1040 g/mol. The number of piperidine rings is 2. The van der Waals surface area contributed by atoms with Crippen LogP contribution in [0.25, 0.3) is 0 Å². The smallest absolute Gasteiger partial charge is 0.372 e. The van der Waals surface area contributed by atoms with E-state index in [1.54, 1.807) is 4.90 Å². The molecule has 0 radical (unpaired) electrons. The fourth-order valence-corrected chi connectivity index (χ4v) is 9.37. The van der Waals surface area contributed by atoms with E-state index in [4.69, 9.17) is 27.4 Å². The highest BCUT2D eigenvalue weighted by Gasteiger charge is 2.35. The van der Waals surface area contributed by atoms with Gasteiger partial charge in [-0.25, -0.2) is 14.8 Å². The van der Waals surface area contributed by atoms with Crippen molar-refractivity contribution in [1.82, 2.24) is 30.0 Å². The maximum Gasteiger partial charge on any atom is 0.372 e. The van der Waals surface area contributed by atoms with Crippen molar-refractivity contribution in [1.29, 1.82) is 0 Å². The van der Waals surface area contributed by atoms with Crippen molar-refractivity contribution in [3.05, 3.63) is 101 Å². The molecule has 21 heteroatoms. The van der Waals surface area contributed by atoms with Gasteiger partial charge in [-0.1, -0.05) is 38.1 Å². The number of carboxylic acid groups (broad SMARTS) is 1. The zero-order valence-electron chi connectivity index (χ0n) is 44.9. The summed E-state index contributed by atoms with van der Waals surface area (Å²) < 4.78 is 25.3. The van der Waals surface area contributed by atoms with Gasteiger partial charge < -0.3 is 61.2 Å². The van der Waals surface area contributed by atoms with E-state index in [-0.39, 0.29) is 52.5 Å². The quantitative estimate of drug-likeness (QED) is 0.124. The Hall–Kier alpha value is -7.23. The van der Waals surface area contributed by atoms with E-state index >= 15 is 0 Å². The number of carbonyl (C=O) groups excluding carboxylic acids is 5. The van der Waals surface area contributed by atoms with Gasteiger partial charge in [0.1, 0.15) is 11.1 Å². The van der Waals surface area contributed by atoms with Gasteiger partial charge in [0.25, 0.3) is 11.8 Å². The van der Waals surface area contributed by atoms with Crippen LogP contribution in [0, 0.1) is 11.8 Å². The Morgan fingerprint density at radius 3 is 1.79 bits per heavy atom. The molecule has 2 aromatic carbocycles. The number of ether oxygens (including phenoxy) is 2. The molecule has 4 atom stereocenters. The molecule has 4 saturated heterocycles. The minimum atomic E-state index is -1.54. The van der Waals surface area contributed by atoms with Crippen molar-refractivity contribution < 1.29 is 49.1 Å². The number of amides is 4. The number of likely N-dealkylation sites (N-methyl/N-ethyl adjacent to an activating group) is 2. The first-order valence-corrected chi connectivity index (χ1v) is 25.1. The molecule has 406 valence electrons. The fraction of sp³-hybridized carbons (Fsp3) is 0.481. The summed E-state index contributed by atoms with van der Waals surface area (Å²) >= 11 is 0.